The SMILES string of the molecule is Cc1ccc(C2(c3noc(-c4nn(C5CCC(C(=O)O)CC5)c5c4CCC5)n3)CC2)c(C)c1. The molecular formula is C26H30N4O3. The fraction of sp³-hybridized carbons (Fsp3) is 0.538. The standard InChI is InChI=1S/C26H30N4O3/c1-15-6-11-20(16(2)14-15)26(12-13-26)25-27-23(33-29-25)22-19-4-3-5-21(19)30(28-22)18-9-7-17(8-10-18)24(31)32/h6,11,14,17-18H,3-5,7-10,12-13H2,1-2H3,(H,31,32). The number of carboxylic acid groups (broad SMARTS) is 1. The van der Waals surface area contributed by atoms with E-state index in [0.29, 0.717) is 18.7 Å². The minimum Gasteiger partial charge on any atom is -0.481 e. The van der Waals surface area contributed by atoms with Crippen molar-refractivity contribution in [1.82, 2.24) is 19.9 Å². The van der Waals surface area contributed by atoms with E-state index >= 15 is 0 Å². The summed E-state index contributed by atoms with van der Waals surface area (Å²) >= 11 is 0. The number of fused-ring (bicyclic) bond motifs is 1. The van der Waals surface area contributed by atoms with Gasteiger partial charge >= 0.3 is 5.97 Å². The predicted octanol–water partition coefficient (Wildman–Crippen LogP) is 4.93. The lowest BCUT2D eigenvalue weighted by atomic mass is 9.86. The molecule has 7 nitrogen and oxygen atoms in total. The molecular weight excluding hydrogens is 416 g/mol. The van der Waals surface area contributed by atoms with Gasteiger partial charge in [0.1, 0.15) is 0 Å². The number of hydrogen-bond donors (Lipinski definition) is 1. The van der Waals surface area contributed by atoms with Gasteiger partial charge in [0.15, 0.2) is 11.5 Å². The van der Waals surface area contributed by atoms with E-state index in [4.69, 9.17) is 14.6 Å². The third-order valence-electron chi connectivity index (χ3n) is 8.05. The Morgan fingerprint density at radius 1 is 1.15 bits per heavy atom. The summed E-state index contributed by atoms with van der Waals surface area (Å²) in [5.41, 5.74) is 7.05. The molecule has 0 saturated heterocycles. The molecule has 0 unspecified atom stereocenters. The summed E-state index contributed by atoms with van der Waals surface area (Å²) in [7, 11) is 0. The number of aromatic nitrogens is 4. The maximum Gasteiger partial charge on any atom is 0.306 e. The second kappa shape index (κ2) is 7.54. The normalized spacial score (nSPS) is 23.5. The van der Waals surface area contributed by atoms with Gasteiger partial charge in [0.2, 0.25) is 0 Å². The van der Waals surface area contributed by atoms with Gasteiger partial charge < -0.3 is 9.63 Å². The van der Waals surface area contributed by atoms with E-state index in [1.54, 1.807) is 0 Å². The summed E-state index contributed by atoms with van der Waals surface area (Å²) in [6.45, 7) is 4.28. The first-order chi connectivity index (χ1) is 16.0. The van der Waals surface area contributed by atoms with Gasteiger partial charge in [-0.05, 0) is 82.8 Å². The zero-order chi connectivity index (χ0) is 22.7. The first kappa shape index (κ1) is 20.6. The van der Waals surface area contributed by atoms with Gasteiger partial charge in [-0.3, -0.25) is 9.48 Å². The van der Waals surface area contributed by atoms with Crippen molar-refractivity contribution < 1.29 is 14.4 Å². The number of carboxylic acids is 1. The fourth-order valence-electron chi connectivity index (χ4n) is 6.11. The van der Waals surface area contributed by atoms with Crippen molar-refractivity contribution >= 4 is 5.97 Å². The minimum absolute atomic E-state index is 0.138. The third kappa shape index (κ3) is 3.31. The maximum atomic E-state index is 11.4. The van der Waals surface area contributed by atoms with Crippen LogP contribution in [0.25, 0.3) is 11.6 Å². The molecule has 7 heteroatoms. The molecule has 0 amide bonds. The highest BCUT2D eigenvalue weighted by Gasteiger charge is 2.51. The Morgan fingerprint density at radius 3 is 2.64 bits per heavy atom. The molecule has 2 aromatic heterocycles. The van der Waals surface area contributed by atoms with Crippen LogP contribution >= 0.6 is 0 Å². The van der Waals surface area contributed by atoms with Gasteiger partial charge in [-0.2, -0.15) is 10.1 Å². The zero-order valence-electron chi connectivity index (χ0n) is 19.3. The van der Waals surface area contributed by atoms with Crippen molar-refractivity contribution in [2.24, 2.45) is 5.92 Å². The van der Waals surface area contributed by atoms with Gasteiger partial charge in [-0.1, -0.05) is 28.9 Å². The van der Waals surface area contributed by atoms with E-state index in [2.05, 4.69) is 41.9 Å². The number of aryl methyl sites for hydroxylation is 2. The molecule has 0 spiro atoms. The van der Waals surface area contributed by atoms with Gasteiger partial charge in [0.05, 0.1) is 17.4 Å². The molecule has 2 heterocycles. The van der Waals surface area contributed by atoms with Crippen molar-refractivity contribution in [3.63, 3.8) is 0 Å². The van der Waals surface area contributed by atoms with E-state index < -0.39 is 5.97 Å². The molecule has 3 aliphatic carbocycles. The molecule has 0 aliphatic heterocycles. The highest BCUT2D eigenvalue weighted by molar-refractivity contribution is 5.70. The molecule has 6 rings (SSSR count). The second-order valence-electron chi connectivity index (χ2n) is 10.2. The van der Waals surface area contributed by atoms with Crippen LogP contribution in [0.5, 0.6) is 0 Å². The van der Waals surface area contributed by atoms with Crippen LogP contribution in [0.2, 0.25) is 0 Å². The number of nitrogens with zero attached hydrogens (tertiary/aromatic N) is 4. The van der Waals surface area contributed by atoms with E-state index in [-0.39, 0.29) is 17.4 Å². The van der Waals surface area contributed by atoms with Crippen LogP contribution in [0, 0.1) is 19.8 Å². The Bertz CT molecular complexity index is 1230. The van der Waals surface area contributed by atoms with Crippen LogP contribution in [-0.2, 0) is 23.1 Å². The van der Waals surface area contributed by atoms with Crippen LogP contribution in [-0.4, -0.2) is 31.0 Å². The Labute approximate surface area is 193 Å². The lowest BCUT2D eigenvalue weighted by molar-refractivity contribution is -0.143. The van der Waals surface area contributed by atoms with Crippen LogP contribution in [0.3, 0.4) is 0 Å². The largest absolute Gasteiger partial charge is 0.481 e. The van der Waals surface area contributed by atoms with Crippen LogP contribution in [0.4, 0.5) is 0 Å². The van der Waals surface area contributed by atoms with Crippen molar-refractivity contribution in [1.29, 1.82) is 0 Å². The van der Waals surface area contributed by atoms with Crippen molar-refractivity contribution in [3.05, 3.63) is 52.0 Å². The number of benzene rings is 1. The quantitative estimate of drug-likeness (QED) is 0.597. The van der Waals surface area contributed by atoms with Crippen LogP contribution in [0.1, 0.15) is 84.8 Å². The lowest BCUT2D eigenvalue weighted by Crippen LogP contribution is -2.24. The molecule has 1 N–H and O–H groups in total. The number of aliphatic carboxylic acids is 1. The first-order valence-corrected chi connectivity index (χ1v) is 12.2. The summed E-state index contributed by atoms with van der Waals surface area (Å²) in [5.74, 6) is 0.406. The molecule has 3 aliphatic rings. The van der Waals surface area contributed by atoms with Gasteiger partial charge in [0, 0.05) is 11.3 Å². The molecule has 0 radical (unpaired) electrons. The topological polar surface area (TPSA) is 94.0 Å². The van der Waals surface area contributed by atoms with Gasteiger partial charge in [0.25, 0.3) is 5.89 Å². The van der Waals surface area contributed by atoms with Crippen LogP contribution in [0.15, 0.2) is 22.7 Å². The van der Waals surface area contributed by atoms with Gasteiger partial charge in [-0.25, -0.2) is 0 Å². The number of hydrogen-bond acceptors (Lipinski definition) is 5. The average Bonchev–Trinajstić information content (AvgIpc) is 3.15. The highest BCUT2D eigenvalue weighted by atomic mass is 16.5. The molecule has 172 valence electrons. The third-order valence-corrected chi connectivity index (χ3v) is 8.05. The van der Waals surface area contributed by atoms with Crippen molar-refractivity contribution in [2.45, 2.75) is 83.1 Å². The number of carbonyl (C=O) groups is 1. The number of rotatable bonds is 5. The molecule has 2 fully saturated rings. The monoisotopic (exact) mass is 446 g/mol. The summed E-state index contributed by atoms with van der Waals surface area (Å²) in [4.78, 5) is 16.2. The van der Waals surface area contributed by atoms with E-state index in [1.165, 1.54) is 27.9 Å². The molecule has 0 bridgehead atoms. The predicted molar refractivity (Wildman–Crippen MR) is 122 cm³/mol. The van der Waals surface area contributed by atoms with E-state index in [9.17, 15) is 9.90 Å². The molecule has 1 aromatic carbocycles. The smallest absolute Gasteiger partial charge is 0.306 e. The van der Waals surface area contributed by atoms with Crippen molar-refractivity contribution in [3.8, 4) is 11.6 Å². The van der Waals surface area contributed by atoms with E-state index in [1.807, 2.05) is 0 Å². The molecule has 0 atom stereocenters. The molecule has 2 saturated carbocycles. The molecule has 33 heavy (non-hydrogen) atoms. The summed E-state index contributed by atoms with van der Waals surface area (Å²) in [6.07, 6.45) is 8.32. The van der Waals surface area contributed by atoms with Crippen LogP contribution < -0.4 is 0 Å². The minimum atomic E-state index is -0.670. The van der Waals surface area contributed by atoms with Crippen molar-refractivity contribution in [2.75, 3.05) is 0 Å². The lowest BCUT2D eigenvalue weighted by Gasteiger charge is -2.27. The zero-order valence-corrected chi connectivity index (χ0v) is 19.3. The fourth-order valence-corrected chi connectivity index (χ4v) is 6.11. The van der Waals surface area contributed by atoms with E-state index in [0.717, 1.165) is 56.5 Å². The Balaban J connectivity index is 1.31. The summed E-state index contributed by atoms with van der Waals surface area (Å²) < 4.78 is 7.99. The Morgan fingerprint density at radius 2 is 1.94 bits per heavy atom. The Kier molecular flexibility index (Phi) is 4.71. The first-order valence-electron chi connectivity index (χ1n) is 12.2. The highest BCUT2D eigenvalue weighted by Crippen LogP contribution is 2.53. The van der Waals surface area contributed by atoms with Gasteiger partial charge in [-0.15, -0.1) is 0 Å². The Hall–Kier alpha value is -2.96. The summed E-state index contributed by atoms with van der Waals surface area (Å²) in [5, 5.41) is 18.8. The molecule has 3 aromatic rings. The maximum absolute atomic E-state index is 11.4. The average molecular weight is 447 g/mol. The second-order valence-corrected chi connectivity index (χ2v) is 10.2. The summed E-state index contributed by atoms with van der Waals surface area (Å²) in [6, 6.07) is 6.86.